The summed E-state index contributed by atoms with van der Waals surface area (Å²) in [6.07, 6.45) is 11.7. The molecule has 0 heterocycles. The van der Waals surface area contributed by atoms with Gasteiger partial charge < -0.3 is 0 Å². The van der Waals surface area contributed by atoms with Crippen LogP contribution in [0.25, 0.3) is 5.57 Å². The lowest BCUT2D eigenvalue weighted by Gasteiger charge is -2.04. The van der Waals surface area contributed by atoms with Crippen LogP contribution in [-0.2, 0) is 6.42 Å². The largest absolute Gasteiger partial charge is 0.289 e. The highest BCUT2D eigenvalue weighted by Crippen LogP contribution is 2.18. The first kappa shape index (κ1) is 17.7. The zero-order valence-corrected chi connectivity index (χ0v) is 14.4. The highest BCUT2D eigenvalue weighted by atomic mass is 16.1. The smallest absolute Gasteiger partial charge is 0.186 e. The summed E-state index contributed by atoms with van der Waals surface area (Å²) >= 11 is 0. The maximum Gasteiger partial charge on any atom is 0.186 e. The number of carbonyl (C=O) groups is 1. The van der Waals surface area contributed by atoms with E-state index >= 15 is 0 Å². The van der Waals surface area contributed by atoms with Gasteiger partial charge in [-0.15, -0.1) is 0 Å². The van der Waals surface area contributed by atoms with E-state index in [4.69, 9.17) is 0 Å². The summed E-state index contributed by atoms with van der Waals surface area (Å²) < 4.78 is 0. The molecule has 0 radical (unpaired) electrons. The molecule has 0 aliphatic heterocycles. The van der Waals surface area contributed by atoms with Gasteiger partial charge in [-0.3, -0.25) is 4.79 Å². The Hall–Kier alpha value is -2.67. The maximum absolute atomic E-state index is 12.7. The Morgan fingerprint density at radius 3 is 2.42 bits per heavy atom. The van der Waals surface area contributed by atoms with Gasteiger partial charge in [-0.2, -0.15) is 0 Å². The molecule has 0 saturated carbocycles. The number of hydrogen-bond donors (Lipinski definition) is 0. The molecular formula is C23H24O. The minimum Gasteiger partial charge on any atom is -0.289 e. The van der Waals surface area contributed by atoms with Crippen LogP contribution in [0.1, 0.15) is 41.8 Å². The number of rotatable bonds is 7. The molecule has 24 heavy (non-hydrogen) atoms. The van der Waals surface area contributed by atoms with Crippen LogP contribution < -0.4 is 0 Å². The van der Waals surface area contributed by atoms with E-state index in [0.717, 1.165) is 29.5 Å². The van der Waals surface area contributed by atoms with Crippen LogP contribution in [0.5, 0.6) is 0 Å². The molecule has 0 aromatic heterocycles. The van der Waals surface area contributed by atoms with Gasteiger partial charge in [0.2, 0.25) is 0 Å². The summed E-state index contributed by atoms with van der Waals surface area (Å²) in [5.41, 5.74) is 3.91. The summed E-state index contributed by atoms with van der Waals surface area (Å²) in [6.45, 7) is 4.12. The highest BCUT2D eigenvalue weighted by Gasteiger charge is 2.06. The van der Waals surface area contributed by atoms with Crippen LogP contribution in [0.4, 0.5) is 0 Å². The van der Waals surface area contributed by atoms with E-state index in [9.17, 15) is 4.79 Å². The van der Waals surface area contributed by atoms with E-state index in [0.29, 0.717) is 0 Å². The predicted octanol–water partition coefficient (Wildman–Crippen LogP) is 6.04. The molecule has 2 aromatic carbocycles. The van der Waals surface area contributed by atoms with Gasteiger partial charge >= 0.3 is 0 Å². The summed E-state index contributed by atoms with van der Waals surface area (Å²) in [7, 11) is 0. The van der Waals surface area contributed by atoms with Crippen molar-refractivity contribution in [2.75, 3.05) is 0 Å². The molecule has 1 heteroatoms. The molecule has 0 N–H and O–H groups in total. The van der Waals surface area contributed by atoms with Crippen molar-refractivity contribution in [2.24, 2.45) is 0 Å². The second kappa shape index (κ2) is 9.46. The number of allylic oxidation sites excluding steroid dienone is 6. The summed E-state index contributed by atoms with van der Waals surface area (Å²) in [5.74, 6) is 0.0388. The normalized spacial score (nSPS) is 12.2. The molecule has 0 fully saturated rings. The molecule has 0 saturated heterocycles. The van der Waals surface area contributed by atoms with Crippen molar-refractivity contribution in [1.29, 1.82) is 0 Å². The molecule has 0 unspecified atom stereocenters. The molecule has 0 spiro atoms. The Morgan fingerprint density at radius 1 is 0.958 bits per heavy atom. The topological polar surface area (TPSA) is 17.1 Å². The predicted molar refractivity (Wildman–Crippen MR) is 103 cm³/mol. The van der Waals surface area contributed by atoms with Crippen molar-refractivity contribution < 1.29 is 4.79 Å². The van der Waals surface area contributed by atoms with Crippen molar-refractivity contribution in [1.82, 2.24) is 0 Å². The van der Waals surface area contributed by atoms with E-state index in [1.807, 2.05) is 79.8 Å². The number of benzene rings is 2. The van der Waals surface area contributed by atoms with Gasteiger partial charge in [0.1, 0.15) is 0 Å². The Bertz CT molecular complexity index is 749. The van der Waals surface area contributed by atoms with E-state index in [2.05, 4.69) is 13.0 Å². The number of carbonyl (C=O) groups excluding carboxylic acids is 1. The molecule has 0 aliphatic carbocycles. The minimum absolute atomic E-state index is 0.0388. The molecule has 0 aliphatic rings. The van der Waals surface area contributed by atoms with Gasteiger partial charge in [0, 0.05) is 5.56 Å². The Morgan fingerprint density at radius 2 is 1.71 bits per heavy atom. The van der Waals surface area contributed by atoms with Crippen LogP contribution in [0, 0.1) is 0 Å². The van der Waals surface area contributed by atoms with Gasteiger partial charge in [0.25, 0.3) is 0 Å². The second-order valence-electron chi connectivity index (χ2n) is 5.67. The molecule has 1 nitrogen and oxygen atoms in total. The Labute approximate surface area is 145 Å². The average Bonchev–Trinajstić information content (AvgIpc) is 2.62. The molecule has 2 aromatic rings. The minimum atomic E-state index is 0.0388. The first-order valence-corrected chi connectivity index (χ1v) is 8.44. The summed E-state index contributed by atoms with van der Waals surface area (Å²) in [6, 6.07) is 17.9. The number of hydrogen-bond acceptors (Lipinski definition) is 1. The molecule has 2 rings (SSSR count). The lowest BCUT2D eigenvalue weighted by molar-refractivity contribution is 0.104. The standard InChI is InChI=1S/C23H24O/c1-3-5-7-15-21(20-13-8-6-9-14-20)18-23(24)22-16-10-12-19(17-22)11-4-2/h3,5-10,12-18H,4,11H2,1-2H3/b5-3+,15-7-,21-18+. The fourth-order valence-corrected chi connectivity index (χ4v) is 2.52. The highest BCUT2D eigenvalue weighted by molar-refractivity contribution is 6.09. The van der Waals surface area contributed by atoms with Crippen molar-refractivity contribution >= 4 is 11.4 Å². The quantitative estimate of drug-likeness (QED) is 0.346. The lowest BCUT2D eigenvalue weighted by atomic mass is 9.99. The first-order valence-electron chi connectivity index (χ1n) is 8.44. The van der Waals surface area contributed by atoms with Crippen LogP contribution in [0.15, 0.2) is 85.0 Å². The first-order chi connectivity index (χ1) is 11.7. The van der Waals surface area contributed by atoms with Gasteiger partial charge in [0.15, 0.2) is 5.78 Å². The van der Waals surface area contributed by atoms with Crippen molar-refractivity contribution in [3.8, 4) is 0 Å². The third kappa shape index (κ3) is 5.20. The average molecular weight is 316 g/mol. The van der Waals surface area contributed by atoms with Crippen LogP contribution in [0.3, 0.4) is 0 Å². The monoisotopic (exact) mass is 316 g/mol. The summed E-state index contributed by atoms with van der Waals surface area (Å²) in [5, 5.41) is 0. The molecule has 122 valence electrons. The fraction of sp³-hybridized carbons (Fsp3) is 0.174. The lowest BCUT2D eigenvalue weighted by Crippen LogP contribution is -1.97. The van der Waals surface area contributed by atoms with Gasteiger partial charge in [-0.1, -0.05) is 86.2 Å². The third-order valence-electron chi connectivity index (χ3n) is 3.72. The van der Waals surface area contributed by atoms with E-state index in [1.165, 1.54) is 5.56 Å². The second-order valence-corrected chi connectivity index (χ2v) is 5.67. The summed E-state index contributed by atoms with van der Waals surface area (Å²) in [4.78, 5) is 12.7. The Kier molecular flexibility index (Phi) is 6.97. The zero-order valence-electron chi connectivity index (χ0n) is 14.4. The van der Waals surface area contributed by atoms with Gasteiger partial charge in [-0.05, 0) is 42.2 Å². The number of aryl methyl sites for hydroxylation is 1. The number of ketones is 1. The molecular weight excluding hydrogens is 292 g/mol. The Balaban J connectivity index is 2.34. The molecule has 0 atom stereocenters. The van der Waals surface area contributed by atoms with Crippen molar-refractivity contribution in [2.45, 2.75) is 26.7 Å². The molecule has 0 bridgehead atoms. The van der Waals surface area contributed by atoms with Crippen LogP contribution in [0.2, 0.25) is 0 Å². The van der Waals surface area contributed by atoms with Gasteiger partial charge in [0.05, 0.1) is 0 Å². The van der Waals surface area contributed by atoms with Crippen molar-refractivity contribution in [3.63, 3.8) is 0 Å². The fourth-order valence-electron chi connectivity index (χ4n) is 2.52. The zero-order chi connectivity index (χ0) is 17.2. The van der Waals surface area contributed by atoms with Crippen molar-refractivity contribution in [3.05, 3.63) is 102 Å². The van der Waals surface area contributed by atoms with Crippen LogP contribution in [-0.4, -0.2) is 5.78 Å². The van der Waals surface area contributed by atoms with Gasteiger partial charge in [-0.25, -0.2) is 0 Å². The van der Waals surface area contributed by atoms with Crippen LogP contribution >= 0.6 is 0 Å². The van der Waals surface area contributed by atoms with E-state index < -0.39 is 0 Å². The van der Waals surface area contributed by atoms with E-state index in [1.54, 1.807) is 6.08 Å². The third-order valence-corrected chi connectivity index (χ3v) is 3.72. The maximum atomic E-state index is 12.7. The van der Waals surface area contributed by atoms with E-state index in [-0.39, 0.29) is 5.78 Å². The molecule has 0 amide bonds. The SMILES string of the molecule is C/C=C/C=C\C(=C/C(=O)c1cccc(CCC)c1)c1ccccc1.